The lowest BCUT2D eigenvalue weighted by molar-refractivity contribution is -0.117. The summed E-state index contributed by atoms with van der Waals surface area (Å²) in [4.78, 5) is 33.0. The first kappa shape index (κ1) is 24.2. The number of aromatic nitrogens is 1. The van der Waals surface area contributed by atoms with Crippen molar-refractivity contribution in [1.82, 2.24) is 4.98 Å². The summed E-state index contributed by atoms with van der Waals surface area (Å²) in [5.41, 5.74) is 3.25. The Bertz CT molecular complexity index is 1570. The third kappa shape index (κ3) is 4.81. The molecule has 3 aromatic carbocycles. The Morgan fingerprint density at radius 3 is 2.73 bits per heavy atom. The lowest BCUT2D eigenvalue weighted by atomic mass is 9.95. The van der Waals surface area contributed by atoms with Crippen molar-refractivity contribution in [3.8, 4) is 5.75 Å². The molecule has 1 aliphatic rings. The van der Waals surface area contributed by atoms with Crippen molar-refractivity contribution in [2.24, 2.45) is 0 Å². The first-order valence-electron chi connectivity index (χ1n) is 11.7. The Balaban J connectivity index is 1.61. The molecule has 1 atom stereocenters. The lowest BCUT2D eigenvalue weighted by Crippen LogP contribution is -2.30. The highest BCUT2D eigenvalue weighted by Gasteiger charge is 2.45. The number of nitrogens with zero attached hydrogens (tertiary/aromatic N) is 2. The fourth-order valence-electron chi connectivity index (χ4n) is 4.25. The molecule has 1 aliphatic heterocycles. The molecule has 184 valence electrons. The van der Waals surface area contributed by atoms with Crippen LogP contribution >= 0.6 is 11.3 Å². The van der Waals surface area contributed by atoms with Crippen molar-refractivity contribution in [3.05, 3.63) is 120 Å². The summed E-state index contributed by atoms with van der Waals surface area (Å²) < 4.78 is 6.61. The van der Waals surface area contributed by atoms with Crippen LogP contribution in [0, 0.1) is 6.92 Å². The maximum absolute atomic E-state index is 13.5. The van der Waals surface area contributed by atoms with Gasteiger partial charge in [0.25, 0.3) is 5.91 Å². The second-order valence-electron chi connectivity index (χ2n) is 8.59. The summed E-state index contributed by atoms with van der Waals surface area (Å²) in [6, 6.07) is 21.5. The Morgan fingerprint density at radius 1 is 1.14 bits per heavy atom. The van der Waals surface area contributed by atoms with Crippen LogP contribution in [0.3, 0.4) is 0 Å². The minimum atomic E-state index is -0.880. The van der Waals surface area contributed by atoms with Crippen LogP contribution in [0.2, 0.25) is 0 Å². The SMILES string of the molecule is C=CCOc1cccc(C2C(C(=O)/C=C/c3ccccc3)=C(O)C(=O)N2c2nc3ccc(C)cc3s2)c1. The number of ketones is 1. The van der Waals surface area contributed by atoms with Crippen LogP contribution in [-0.2, 0) is 9.59 Å². The zero-order valence-corrected chi connectivity index (χ0v) is 20.9. The van der Waals surface area contributed by atoms with Crippen molar-refractivity contribution in [1.29, 1.82) is 0 Å². The molecule has 0 saturated carbocycles. The zero-order chi connectivity index (χ0) is 25.9. The third-order valence-corrected chi connectivity index (χ3v) is 7.00. The van der Waals surface area contributed by atoms with E-state index in [2.05, 4.69) is 11.6 Å². The molecule has 2 heterocycles. The minimum absolute atomic E-state index is 0.00603. The van der Waals surface area contributed by atoms with Crippen molar-refractivity contribution in [3.63, 3.8) is 0 Å². The summed E-state index contributed by atoms with van der Waals surface area (Å²) in [6.07, 6.45) is 4.68. The molecule has 0 radical (unpaired) electrons. The number of benzene rings is 3. The Hall–Kier alpha value is -4.49. The number of aliphatic hydroxyl groups is 1. The third-order valence-electron chi connectivity index (χ3n) is 5.98. The van der Waals surface area contributed by atoms with Crippen LogP contribution in [0.15, 0.2) is 103 Å². The van der Waals surface area contributed by atoms with E-state index in [1.165, 1.54) is 22.3 Å². The fourth-order valence-corrected chi connectivity index (χ4v) is 5.34. The van der Waals surface area contributed by atoms with E-state index in [1.807, 2.05) is 55.5 Å². The first-order valence-corrected chi connectivity index (χ1v) is 12.5. The molecule has 0 fully saturated rings. The van der Waals surface area contributed by atoms with Crippen LogP contribution in [0.4, 0.5) is 5.13 Å². The van der Waals surface area contributed by atoms with E-state index in [0.29, 0.717) is 23.1 Å². The van der Waals surface area contributed by atoms with Gasteiger partial charge in [0, 0.05) is 0 Å². The Labute approximate surface area is 218 Å². The van der Waals surface area contributed by atoms with Crippen LogP contribution in [-0.4, -0.2) is 28.4 Å². The molecule has 37 heavy (non-hydrogen) atoms. The van der Waals surface area contributed by atoms with Gasteiger partial charge in [-0.3, -0.25) is 14.5 Å². The van der Waals surface area contributed by atoms with E-state index in [0.717, 1.165) is 21.3 Å². The fraction of sp³-hybridized carbons (Fsp3) is 0.100. The van der Waals surface area contributed by atoms with Crippen molar-refractivity contribution in [2.45, 2.75) is 13.0 Å². The molecule has 1 aromatic heterocycles. The number of anilines is 1. The van der Waals surface area contributed by atoms with E-state index in [9.17, 15) is 14.7 Å². The summed E-state index contributed by atoms with van der Waals surface area (Å²) in [5.74, 6) is -1.16. The number of hydrogen-bond donors (Lipinski definition) is 1. The maximum Gasteiger partial charge on any atom is 0.296 e. The summed E-state index contributed by atoms with van der Waals surface area (Å²) in [5, 5.41) is 11.4. The molecule has 6 nitrogen and oxygen atoms in total. The molecule has 7 heteroatoms. The highest BCUT2D eigenvalue weighted by molar-refractivity contribution is 7.22. The van der Waals surface area contributed by atoms with E-state index in [4.69, 9.17) is 4.74 Å². The molecule has 1 unspecified atom stereocenters. The van der Waals surface area contributed by atoms with Gasteiger partial charge in [-0.1, -0.05) is 78.6 Å². The Morgan fingerprint density at radius 2 is 1.95 bits per heavy atom. The van der Waals surface area contributed by atoms with Crippen LogP contribution in [0.25, 0.3) is 16.3 Å². The number of rotatable bonds is 8. The van der Waals surface area contributed by atoms with Gasteiger partial charge in [-0.15, -0.1) is 0 Å². The minimum Gasteiger partial charge on any atom is -0.503 e. The number of aryl methyl sites for hydroxylation is 1. The van der Waals surface area contributed by atoms with Gasteiger partial charge >= 0.3 is 0 Å². The van der Waals surface area contributed by atoms with E-state index < -0.39 is 23.5 Å². The molecule has 1 amide bonds. The van der Waals surface area contributed by atoms with Gasteiger partial charge in [-0.05, 0) is 54.0 Å². The number of amides is 1. The molecule has 0 bridgehead atoms. The summed E-state index contributed by atoms with van der Waals surface area (Å²) in [7, 11) is 0. The summed E-state index contributed by atoms with van der Waals surface area (Å²) in [6.45, 7) is 5.97. The van der Waals surface area contributed by atoms with Crippen molar-refractivity contribution in [2.75, 3.05) is 11.5 Å². The second-order valence-corrected chi connectivity index (χ2v) is 9.60. The van der Waals surface area contributed by atoms with Crippen molar-refractivity contribution < 1.29 is 19.4 Å². The topological polar surface area (TPSA) is 79.7 Å². The van der Waals surface area contributed by atoms with Crippen LogP contribution in [0.5, 0.6) is 5.75 Å². The zero-order valence-electron chi connectivity index (χ0n) is 20.1. The van der Waals surface area contributed by atoms with E-state index >= 15 is 0 Å². The van der Waals surface area contributed by atoms with Gasteiger partial charge in [-0.2, -0.15) is 0 Å². The molecule has 0 aliphatic carbocycles. The van der Waals surface area contributed by atoms with Gasteiger partial charge in [0.1, 0.15) is 12.4 Å². The van der Waals surface area contributed by atoms with Crippen LogP contribution in [0.1, 0.15) is 22.7 Å². The number of thiazole rings is 1. The molecule has 0 spiro atoms. The van der Waals surface area contributed by atoms with Crippen LogP contribution < -0.4 is 9.64 Å². The van der Waals surface area contributed by atoms with Gasteiger partial charge in [0.15, 0.2) is 16.7 Å². The number of aliphatic hydroxyl groups excluding tert-OH is 1. The smallest absolute Gasteiger partial charge is 0.296 e. The van der Waals surface area contributed by atoms with E-state index in [-0.39, 0.29) is 5.57 Å². The average Bonchev–Trinajstić information content (AvgIpc) is 3.44. The quantitative estimate of drug-likeness (QED) is 0.222. The standard InChI is InChI=1S/C30H24N2O4S/c1-3-16-36-22-11-7-10-21(18-22)27-26(24(33)15-13-20-8-5-4-6-9-20)28(34)29(35)32(27)30-31-23-14-12-19(2)17-25(23)37-30/h3-15,17-18,27,34H,1,16H2,2H3/b15-13+. The highest BCUT2D eigenvalue weighted by Crippen LogP contribution is 2.44. The molecular weight excluding hydrogens is 484 g/mol. The summed E-state index contributed by atoms with van der Waals surface area (Å²) >= 11 is 1.34. The van der Waals surface area contributed by atoms with Gasteiger partial charge in [-0.25, -0.2) is 4.98 Å². The number of fused-ring (bicyclic) bond motifs is 1. The lowest BCUT2D eigenvalue weighted by Gasteiger charge is -2.24. The number of carbonyl (C=O) groups is 2. The van der Waals surface area contributed by atoms with Gasteiger partial charge in [0.2, 0.25) is 0 Å². The van der Waals surface area contributed by atoms with Gasteiger partial charge < -0.3 is 9.84 Å². The normalized spacial score (nSPS) is 15.6. The van der Waals surface area contributed by atoms with Gasteiger partial charge in [0.05, 0.1) is 21.8 Å². The molecule has 5 rings (SSSR count). The molecule has 0 saturated heterocycles. The monoisotopic (exact) mass is 508 g/mol. The second kappa shape index (κ2) is 10.2. The predicted octanol–water partition coefficient (Wildman–Crippen LogP) is 6.35. The predicted molar refractivity (Wildman–Crippen MR) is 147 cm³/mol. The molecular formula is C30H24N2O4S. The van der Waals surface area contributed by atoms with E-state index in [1.54, 1.807) is 36.4 Å². The average molecular weight is 509 g/mol. The highest BCUT2D eigenvalue weighted by atomic mass is 32.1. The largest absolute Gasteiger partial charge is 0.503 e. The Kier molecular flexibility index (Phi) is 6.70. The molecule has 4 aromatic rings. The van der Waals surface area contributed by atoms with Crippen molar-refractivity contribution >= 4 is 44.5 Å². The maximum atomic E-state index is 13.5. The number of carbonyl (C=O) groups excluding carboxylic acids is 2. The molecule has 1 N–H and O–H groups in total. The number of ether oxygens (including phenoxy) is 1. The number of allylic oxidation sites excluding steroid dienone is 1. The number of hydrogen-bond acceptors (Lipinski definition) is 6. The first-order chi connectivity index (χ1) is 18.0.